The van der Waals surface area contributed by atoms with E-state index in [9.17, 15) is 19.8 Å². The molecule has 3 aliphatic rings. The first-order valence-electron chi connectivity index (χ1n) is 11.5. The molecule has 2 N–H and O–H groups in total. The van der Waals surface area contributed by atoms with Gasteiger partial charge >= 0.3 is 5.97 Å². The number of hydrogen-bond acceptors (Lipinski definition) is 8. The molecule has 0 bridgehead atoms. The van der Waals surface area contributed by atoms with Crippen LogP contribution in [0.25, 0.3) is 22.3 Å². The van der Waals surface area contributed by atoms with Crippen LogP contribution in [0.5, 0.6) is 5.75 Å². The molecule has 176 valence electrons. The first kappa shape index (κ1) is 21.3. The van der Waals surface area contributed by atoms with Crippen LogP contribution in [0.1, 0.15) is 35.6 Å². The highest BCUT2D eigenvalue weighted by atomic mass is 16.6. The molecule has 1 aromatic carbocycles. The molecule has 9 heteroatoms. The minimum absolute atomic E-state index is 0.0968. The number of carbonyl (C=O) groups is 1. The van der Waals surface area contributed by atoms with Crippen molar-refractivity contribution in [1.29, 1.82) is 0 Å². The number of benzene rings is 1. The quantitative estimate of drug-likeness (QED) is 0.441. The maximum absolute atomic E-state index is 13.3. The van der Waals surface area contributed by atoms with Gasteiger partial charge in [-0.25, -0.2) is 9.78 Å². The number of rotatable bonds is 3. The summed E-state index contributed by atoms with van der Waals surface area (Å²) in [6.45, 7) is 5.45. The number of phenols is 1. The Kier molecular flexibility index (Phi) is 4.77. The number of aliphatic hydroxyl groups is 1. The number of phenolic OH excluding ortho intramolecular Hbond substituents is 1. The molecule has 0 spiro atoms. The van der Waals surface area contributed by atoms with Gasteiger partial charge in [0.1, 0.15) is 12.4 Å². The van der Waals surface area contributed by atoms with Crippen LogP contribution in [-0.4, -0.2) is 56.9 Å². The van der Waals surface area contributed by atoms with E-state index in [0.29, 0.717) is 59.7 Å². The lowest BCUT2D eigenvalue weighted by Crippen LogP contribution is -2.44. The summed E-state index contributed by atoms with van der Waals surface area (Å²) >= 11 is 0. The molecule has 1 atom stereocenters. The zero-order chi connectivity index (χ0) is 23.6. The summed E-state index contributed by atoms with van der Waals surface area (Å²) in [5.41, 5.74) is 1.85. The van der Waals surface area contributed by atoms with E-state index in [1.54, 1.807) is 17.6 Å². The van der Waals surface area contributed by atoms with Gasteiger partial charge in [0.25, 0.3) is 5.56 Å². The fourth-order valence-electron chi connectivity index (χ4n) is 5.21. The molecule has 9 nitrogen and oxygen atoms in total. The lowest BCUT2D eigenvalue weighted by molar-refractivity contribution is -0.172. The first-order valence-corrected chi connectivity index (χ1v) is 11.5. The zero-order valence-corrected chi connectivity index (χ0v) is 18.8. The van der Waals surface area contributed by atoms with E-state index in [-0.39, 0.29) is 24.3 Å². The van der Waals surface area contributed by atoms with E-state index in [4.69, 9.17) is 14.5 Å². The van der Waals surface area contributed by atoms with Crippen molar-refractivity contribution in [3.8, 4) is 17.1 Å². The highest BCUT2D eigenvalue weighted by molar-refractivity contribution is 5.90. The van der Waals surface area contributed by atoms with Crippen LogP contribution < -0.4 is 5.56 Å². The van der Waals surface area contributed by atoms with Gasteiger partial charge in [0.15, 0.2) is 5.60 Å². The van der Waals surface area contributed by atoms with Gasteiger partial charge in [0, 0.05) is 41.7 Å². The van der Waals surface area contributed by atoms with Crippen LogP contribution in [0.4, 0.5) is 0 Å². The van der Waals surface area contributed by atoms with Crippen molar-refractivity contribution in [3.05, 3.63) is 56.9 Å². The van der Waals surface area contributed by atoms with Crippen LogP contribution in [0, 0.1) is 0 Å². The molecule has 3 aliphatic heterocycles. The second-order valence-electron chi connectivity index (χ2n) is 9.13. The fraction of sp³-hybridized carbons (Fsp3) is 0.400. The molecule has 1 saturated heterocycles. The van der Waals surface area contributed by atoms with E-state index in [1.807, 2.05) is 18.2 Å². The zero-order valence-electron chi connectivity index (χ0n) is 18.8. The Labute approximate surface area is 195 Å². The standard InChI is InChI=1S/C25H25N3O6/c1-2-25(32)18-10-20-21-15(12-28(20)23(30)17(18)13-34-24(25)31)9-16-19(26-21)4-3-14(22(16)29)11-27-5-7-33-8-6-27/h3-4,9-10,29,32H,2,5-8,11-13H2,1H3. The summed E-state index contributed by atoms with van der Waals surface area (Å²) in [6, 6.07) is 7.34. The maximum Gasteiger partial charge on any atom is 0.343 e. The summed E-state index contributed by atoms with van der Waals surface area (Å²) in [4.78, 5) is 32.6. The molecule has 2 aromatic heterocycles. The Bertz CT molecular complexity index is 1410. The first-order chi connectivity index (χ1) is 16.4. The lowest BCUT2D eigenvalue weighted by atomic mass is 9.86. The van der Waals surface area contributed by atoms with E-state index >= 15 is 0 Å². The molecular formula is C25H25N3O6. The Morgan fingerprint density at radius 1 is 1.18 bits per heavy atom. The van der Waals surface area contributed by atoms with E-state index in [0.717, 1.165) is 24.2 Å². The Morgan fingerprint density at radius 2 is 1.97 bits per heavy atom. The molecular weight excluding hydrogens is 438 g/mol. The summed E-state index contributed by atoms with van der Waals surface area (Å²) in [5, 5.41) is 22.7. The molecule has 0 amide bonds. The number of carbonyl (C=O) groups excluding carboxylic acids is 1. The maximum atomic E-state index is 13.3. The van der Waals surface area contributed by atoms with E-state index < -0.39 is 11.6 Å². The van der Waals surface area contributed by atoms with Gasteiger partial charge in [-0.15, -0.1) is 0 Å². The van der Waals surface area contributed by atoms with Crippen molar-refractivity contribution in [3.63, 3.8) is 0 Å². The Hall–Kier alpha value is -3.27. The number of aromatic hydroxyl groups is 1. The van der Waals surface area contributed by atoms with Gasteiger partial charge in [0.05, 0.1) is 42.2 Å². The number of cyclic esters (lactones) is 1. The summed E-state index contributed by atoms with van der Waals surface area (Å²) in [5.74, 6) is -0.546. The highest BCUT2D eigenvalue weighted by Gasteiger charge is 2.45. The number of hydrogen-bond donors (Lipinski definition) is 2. The van der Waals surface area contributed by atoms with Crippen molar-refractivity contribution in [1.82, 2.24) is 14.5 Å². The van der Waals surface area contributed by atoms with Crippen LogP contribution >= 0.6 is 0 Å². The minimum Gasteiger partial charge on any atom is -0.507 e. The SMILES string of the molecule is CCC1(O)C(=O)OCc2c1cc1n(c2=O)Cc2cc3c(O)c(CN4CCOCC4)ccc3nc2-1. The molecule has 0 saturated carbocycles. The van der Waals surface area contributed by atoms with Crippen LogP contribution in [0.2, 0.25) is 0 Å². The third-order valence-electron chi connectivity index (χ3n) is 7.24. The predicted octanol–water partition coefficient (Wildman–Crippen LogP) is 1.62. The van der Waals surface area contributed by atoms with Gasteiger partial charge in [-0.1, -0.05) is 13.0 Å². The average molecular weight is 463 g/mol. The van der Waals surface area contributed by atoms with Gasteiger partial charge in [-0.2, -0.15) is 0 Å². The number of nitrogens with zero attached hydrogens (tertiary/aromatic N) is 3. The highest BCUT2D eigenvalue weighted by Crippen LogP contribution is 2.40. The summed E-state index contributed by atoms with van der Waals surface area (Å²) in [6.07, 6.45) is 0.0968. The molecule has 1 unspecified atom stereocenters. The smallest absolute Gasteiger partial charge is 0.343 e. The molecule has 0 aliphatic carbocycles. The lowest BCUT2D eigenvalue weighted by Gasteiger charge is -2.31. The largest absolute Gasteiger partial charge is 0.507 e. The van der Waals surface area contributed by atoms with Gasteiger partial charge < -0.3 is 24.3 Å². The third kappa shape index (κ3) is 3.01. The Morgan fingerprint density at radius 3 is 2.74 bits per heavy atom. The second kappa shape index (κ2) is 7.63. The predicted molar refractivity (Wildman–Crippen MR) is 122 cm³/mol. The minimum atomic E-state index is -1.85. The normalized spacial score (nSPS) is 21.8. The number of ether oxygens (including phenoxy) is 2. The third-order valence-corrected chi connectivity index (χ3v) is 7.24. The second-order valence-corrected chi connectivity index (χ2v) is 9.13. The topological polar surface area (TPSA) is 114 Å². The molecule has 34 heavy (non-hydrogen) atoms. The summed E-state index contributed by atoms with van der Waals surface area (Å²) < 4.78 is 12.1. The van der Waals surface area contributed by atoms with Crippen LogP contribution in [0.15, 0.2) is 29.1 Å². The van der Waals surface area contributed by atoms with Gasteiger partial charge in [0.2, 0.25) is 0 Å². The summed E-state index contributed by atoms with van der Waals surface area (Å²) in [7, 11) is 0. The number of pyridine rings is 2. The van der Waals surface area contributed by atoms with Crippen molar-refractivity contribution in [2.24, 2.45) is 0 Å². The van der Waals surface area contributed by atoms with Crippen molar-refractivity contribution < 1.29 is 24.5 Å². The molecule has 0 radical (unpaired) electrons. The van der Waals surface area contributed by atoms with Crippen molar-refractivity contribution >= 4 is 16.9 Å². The van der Waals surface area contributed by atoms with Crippen molar-refractivity contribution in [2.45, 2.75) is 38.6 Å². The molecule has 1 fully saturated rings. The van der Waals surface area contributed by atoms with Crippen LogP contribution in [0.3, 0.4) is 0 Å². The molecule has 6 rings (SSSR count). The molecule has 3 aromatic rings. The number of morpholine rings is 1. The number of fused-ring (bicyclic) bond motifs is 5. The van der Waals surface area contributed by atoms with Gasteiger partial charge in [-0.05, 0) is 24.6 Å². The number of esters is 1. The van der Waals surface area contributed by atoms with Gasteiger partial charge in [-0.3, -0.25) is 9.69 Å². The fourth-order valence-corrected chi connectivity index (χ4v) is 5.21. The van der Waals surface area contributed by atoms with E-state index in [2.05, 4.69) is 4.90 Å². The Balaban J connectivity index is 1.45. The van der Waals surface area contributed by atoms with Crippen LogP contribution in [-0.2, 0) is 39.6 Å². The van der Waals surface area contributed by atoms with Crippen molar-refractivity contribution in [2.75, 3.05) is 26.3 Å². The average Bonchev–Trinajstić information content (AvgIpc) is 3.21. The monoisotopic (exact) mass is 463 g/mol. The number of aromatic nitrogens is 2. The van der Waals surface area contributed by atoms with E-state index in [1.165, 1.54) is 0 Å². The molecule has 5 heterocycles.